The second-order valence-corrected chi connectivity index (χ2v) is 1.56. The Hall–Kier alpha value is -0.0800. The van der Waals surface area contributed by atoms with Crippen molar-refractivity contribution in [3.63, 3.8) is 0 Å². The molecule has 1 radical (unpaired) electrons. The molecule has 0 aliphatic rings. The molecular formula is C5H12NO. The lowest BCUT2D eigenvalue weighted by atomic mass is 10.5. The minimum atomic E-state index is -0.356. The van der Waals surface area contributed by atoms with Crippen LogP contribution in [0, 0.1) is 6.54 Å². The topological polar surface area (TPSA) is 23.5 Å². The number of nitrogens with zero attached hydrogens (tertiary/aromatic N) is 1. The van der Waals surface area contributed by atoms with E-state index in [1.165, 1.54) is 0 Å². The SMILES string of the molecule is C[CH]N(C)C(C)O. The van der Waals surface area contributed by atoms with E-state index in [-0.39, 0.29) is 6.23 Å². The van der Waals surface area contributed by atoms with Crippen LogP contribution in [0.3, 0.4) is 0 Å². The van der Waals surface area contributed by atoms with Gasteiger partial charge < -0.3 is 5.11 Å². The summed E-state index contributed by atoms with van der Waals surface area (Å²) < 4.78 is 0. The normalized spacial score (nSPS) is 15.0. The summed E-state index contributed by atoms with van der Waals surface area (Å²) in [4.78, 5) is 1.72. The van der Waals surface area contributed by atoms with Gasteiger partial charge in [-0.1, -0.05) is 0 Å². The van der Waals surface area contributed by atoms with Gasteiger partial charge in [-0.25, -0.2) is 0 Å². The number of rotatable bonds is 2. The van der Waals surface area contributed by atoms with Crippen LogP contribution in [0.25, 0.3) is 0 Å². The highest BCUT2D eigenvalue weighted by molar-refractivity contribution is 4.55. The average molecular weight is 102 g/mol. The molecule has 0 heterocycles. The van der Waals surface area contributed by atoms with Gasteiger partial charge in [-0.05, 0) is 20.9 Å². The largest absolute Gasteiger partial charge is 0.379 e. The summed E-state index contributed by atoms with van der Waals surface area (Å²) >= 11 is 0. The molecular weight excluding hydrogens is 90.1 g/mol. The zero-order chi connectivity index (χ0) is 5.86. The molecule has 0 saturated carbocycles. The van der Waals surface area contributed by atoms with Crippen molar-refractivity contribution in [1.82, 2.24) is 4.90 Å². The van der Waals surface area contributed by atoms with Gasteiger partial charge in [-0.2, -0.15) is 0 Å². The average Bonchev–Trinajstić information content (AvgIpc) is 1.65. The van der Waals surface area contributed by atoms with Crippen LogP contribution in [0.2, 0.25) is 0 Å². The lowest BCUT2D eigenvalue weighted by Crippen LogP contribution is -2.24. The Morgan fingerprint density at radius 1 is 1.71 bits per heavy atom. The maximum atomic E-state index is 8.72. The van der Waals surface area contributed by atoms with E-state index in [9.17, 15) is 0 Å². The Kier molecular flexibility index (Phi) is 2.96. The quantitative estimate of drug-likeness (QED) is 0.511. The van der Waals surface area contributed by atoms with E-state index in [2.05, 4.69) is 0 Å². The van der Waals surface area contributed by atoms with Crippen molar-refractivity contribution in [1.29, 1.82) is 0 Å². The lowest BCUT2D eigenvalue weighted by molar-refractivity contribution is 0.0603. The second kappa shape index (κ2) is 2.99. The molecule has 0 spiro atoms. The molecule has 0 saturated heterocycles. The van der Waals surface area contributed by atoms with Crippen LogP contribution in [0.4, 0.5) is 0 Å². The van der Waals surface area contributed by atoms with E-state index < -0.39 is 0 Å². The maximum absolute atomic E-state index is 8.72. The standard InChI is InChI=1S/C5H12NO/c1-4-6(3)5(2)7/h4-5,7H,1-3H3. The van der Waals surface area contributed by atoms with Crippen LogP contribution < -0.4 is 0 Å². The molecule has 0 aromatic carbocycles. The molecule has 0 rings (SSSR count). The first-order valence-electron chi connectivity index (χ1n) is 2.38. The lowest BCUT2D eigenvalue weighted by Gasteiger charge is -2.15. The minimum Gasteiger partial charge on any atom is -0.379 e. The van der Waals surface area contributed by atoms with E-state index in [0.717, 1.165) is 0 Å². The minimum absolute atomic E-state index is 0.356. The molecule has 2 nitrogen and oxygen atoms in total. The van der Waals surface area contributed by atoms with Gasteiger partial charge in [-0.3, -0.25) is 4.90 Å². The van der Waals surface area contributed by atoms with Gasteiger partial charge in [-0.15, -0.1) is 0 Å². The van der Waals surface area contributed by atoms with E-state index in [1.807, 2.05) is 20.5 Å². The van der Waals surface area contributed by atoms with Gasteiger partial charge in [0.2, 0.25) is 0 Å². The van der Waals surface area contributed by atoms with Gasteiger partial charge >= 0.3 is 0 Å². The predicted molar refractivity (Wildman–Crippen MR) is 29.4 cm³/mol. The molecule has 1 N–H and O–H groups in total. The van der Waals surface area contributed by atoms with E-state index in [0.29, 0.717) is 0 Å². The molecule has 7 heavy (non-hydrogen) atoms. The first-order valence-corrected chi connectivity index (χ1v) is 2.38. The Labute approximate surface area is 44.8 Å². The zero-order valence-electron chi connectivity index (χ0n) is 5.05. The Balaban J connectivity index is 3.14. The fourth-order valence-electron chi connectivity index (χ4n) is 0.216. The fraction of sp³-hybridized carbons (Fsp3) is 0.800. The zero-order valence-corrected chi connectivity index (χ0v) is 5.05. The summed E-state index contributed by atoms with van der Waals surface area (Å²) in [6, 6.07) is 0. The molecule has 0 aliphatic heterocycles. The summed E-state index contributed by atoms with van der Waals surface area (Å²) in [5.41, 5.74) is 0. The third kappa shape index (κ3) is 2.60. The van der Waals surface area contributed by atoms with Gasteiger partial charge in [0.05, 0.1) is 0 Å². The number of aliphatic hydroxyl groups excluding tert-OH is 1. The smallest absolute Gasteiger partial charge is 0.104 e. The van der Waals surface area contributed by atoms with Crippen LogP contribution in [-0.4, -0.2) is 23.3 Å². The van der Waals surface area contributed by atoms with Crippen LogP contribution in [0.15, 0.2) is 0 Å². The van der Waals surface area contributed by atoms with E-state index in [4.69, 9.17) is 5.11 Å². The number of hydrogen-bond acceptors (Lipinski definition) is 2. The van der Waals surface area contributed by atoms with Crippen molar-refractivity contribution in [2.45, 2.75) is 20.1 Å². The molecule has 1 atom stereocenters. The first-order chi connectivity index (χ1) is 3.18. The highest BCUT2D eigenvalue weighted by Gasteiger charge is 1.98. The summed E-state index contributed by atoms with van der Waals surface area (Å²) in [6.45, 7) is 5.43. The third-order valence-electron chi connectivity index (χ3n) is 0.997. The molecule has 0 bridgehead atoms. The molecule has 43 valence electrons. The van der Waals surface area contributed by atoms with Crippen LogP contribution in [0.5, 0.6) is 0 Å². The second-order valence-electron chi connectivity index (χ2n) is 1.56. The highest BCUT2D eigenvalue weighted by Crippen LogP contribution is 1.90. The summed E-state index contributed by atoms with van der Waals surface area (Å²) in [5, 5.41) is 8.72. The number of hydrogen-bond donors (Lipinski definition) is 1. The molecule has 0 amide bonds. The van der Waals surface area contributed by atoms with Gasteiger partial charge in [0.1, 0.15) is 6.23 Å². The Bertz CT molecular complexity index is 45.3. The summed E-state index contributed by atoms with van der Waals surface area (Å²) in [7, 11) is 1.82. The van der Waals surface area contributed by atoms with E-state index >= 15 is 0 Å². The van der Waals surface area contributed by atoms with Crippen molar-refractivity contribution < 1.29 is 5.11 Å². The fourth-order valence-corrected chi connectivity index (χ4v) is 0.216. The molecule has 2 heteroatoms. The maximum Gasteiger partial charge on any atom is 0.104 e. The molecule has 0 aromatic heterocycles. The van der Waals surface area contributed by atoms with Crippen molar-refractivity contribution in [2.75, 3.05) is 7.05 Å². The monoisotopic (exact) mass is 102 g/mol. The van der Waals surface area contributed by atoms with Crippen molar-refractivity contribution >= 4 is 0 Å². The third-order valence-corrected chi connectivity index (χ3v) is 0.997. The molecule has 0 aromatic rings. The van der Waals surface area contributed by atoms with Crippen LogP contribution in [0.1, 0.15) is 13.8 Å². The summed E-state index contributed by atoms with van der Waals surface area (Å²) in [5.74, 6) is 0. The van der Waals surface area contributed by atoms with Gasteiger partial charge in [0.25, 0.3) is 0 Å². The predicted octanol–water partition coefficient (Wildman–Crippen LogP) is 0.438. The van der Waals surface area contributed by atoms with Gasteiger partial charge in [0.15, 0.2) is 0 Å². The highest BCUT2D eigenvalue weighted by atomic mass is 16.3. The van der Waals surface area contributed by atoms with Crippen LogP contribution >= 0.6 is 0 Å². The Morgan fingerprint density at radius 2 is 2.14 bits per heavy atom. The van der Waals surface area contributed by atoms with Crippen molar-refractivity contribution in [3.05, 3.63) is 6.54 Å². The van der Waals surface area contributed by atoms with E-state index in [1.54, 1.807) is 11.8 Å². The Morgan fingerprint density at radius 3 is 2.14 bits per heavy atom. The van der Waals surface area contributed by atoms with Crippen molar-refractivity contribution in [3.8, 4) is 0 Å². The van der Waals surface area contributed by atoms with Crippen molar-refractivity contribution in [2.24, 2.45) is 0 Å². The van der Waals surface area contributed by atoms with Crippen LogP contribution in [-0.2, 0) is 0 Å². The first kappa shape index (κ1) is 6.92. The molecule has 0 aliphatic carbocycles. The number of aliphatic hydroxyl groups is 1. The molecule has 0 fully saturated rings. The molecule has 1 unspecified atom stereocenters. The summed E-state index contributed by atoms with van der Waals surface area (Å²) in [6.07, 6.45) is -0.356. The van der Waals surface area contributed by atoms with Gasteiger partial charge in [0, 0.05) is 6.54 Å².